The second kappa shape index (κ2) is 6.64. The number of hydrogen-bond donors (Lipinski definition) is 1. The van der Waals surface area contributed by atoms with Gasteiger partial charge in [0.25, 0.3) is 5.91 Å². The quantitative estimate of drug-likeness (QED) is 0.650. The van der Waals surface area contributed by atoms with Crippen LogP contribution in [0, 0.1) is 13.8 Å². The van der Waals surface area contributed by atoms with Gasteiger partial charge < -0.3 is 0 Å². The van der Waals surface area contributed by atoms with Gasteiger partial charge >= 0.3 is 0 Å². The van der Waals surface area contributed by atoms with E-state index in [0.29, 0.717) is 10.7 Å². The smallest absolute Gasteiger partial charge is 0.257 e. The zero-order valence-electron chi connectivity index (χ0n) is 12.8. The molecule has 1 N–H and O–H groups in total. The molecule has 0 aliphatic carbocycles. The number of carbonyl (C=O) groups excluding carboxylic acids is 1. The number of carbonyl (C=O) groups is 1. The Kier molecular flexibility index (Phi) is 4.59. The number of anilines is 1. The number of aromatic nitrogens is 1. The first kappa shape index (κ1) is 15.9. The molecule has 0 saturated heterocycles. The first-order valence-corrected chi connectivity index (χ1v) is 8.80. The van der Waals surface area contributed by atoms with Gasteiger partial charge in [0.05, 0.1) is 5.69 Å². The normalized spacial score (nSPS) is 10.6. The van der Waals surface area contributed by atoms with Crippen molar-refractivity contribution < 1.29 is 4.79 Å². The van der Waals surface area contributed by atoms with Crippen LogP contribution in [0.1, 0.15) is 21.5 Å². The molecule has 5 heteroatoms. The fourth-order valence-corrected chi connectivity index (χ4v) is 3.30. The molecule has 1 amide bonds. The van der Waals surface area contributed by atoms with Crippen molar-refractivity contribution >= 4 is 38.3 Å². The van der Waals surface area contributed by atoms with Crippen molar-refractivity contribution in [2.75, 3.05) is 5.32 Å². The van der Waals surface area contributed by atoms with Crippen LogP contribution in [-0.4, -0.2) is 10.9 Å². The lowest BCUT2D eigenvalue weighted by atomic mass is 10.1. The molecule has 3 nitrogen and oxygen atoms in total. The van der Waals surface area contributed by atoms with Gasteiger partial charge in [0.2, 0.25) is 0 Å². The average Bonchev–Trinajstić information content (AvgIpc) is 2.96. The highest BCUT2D eigenvalue weighted by molar-refractivity contribution is 9.10. The van der Waals surface area contributed by atoms with Crippen LogP contribution in [0.5, 0.6) is 0 Å². The first-order chi connectivity index (χ1) is 11.0. The predicted octanol–water partition coefficient (Wildman–Crippen LogP) is 5.44. The van der Waals surface area contributed by atoms with Gasteiger partial charge in [0.1, 0.15) is 0 Å². The van der Waals surface area contributed by atoms with E-state index in [0.717, 1.165) is 26.9 Å². The van der Waals surface area contributed by atoms with Crippen molar-refractivity contribution in [1.82, 2.24) is 4.98 Å². The number of halogens is 1. The number of amides is 1. The van der Waals surface area contributed by atoms with Crippen molar-refractivity contribution in [2.45, 2.75) is 13.8 Å². The number of hydrogen-bond acceptors (Lipinski definition) is 3. The molecular formula is C18H15BrN2OS. The van der Waals surface area contributed by atoms with Gasteiger partial charge in [-0.05, 0) is 37.6 Å². The maximum atomic E-state index is 12.4. The average molecular weight is 387 g/mol. The fraction of sp³-hybridized carbons (Fsp3) is 0.111. The summed E-state index contributed by atoms with van der Waals surface area (Å²) in [5.41, 5.74) is 4.67. The van der Waals surface area contributed by atoms with Gasteiger partial charge in [0.15, 0.2) is 5.13 Å². The number of nitrogens with one attached hydrogen (secondary N) is 1. The van der Waals surface area contributed by atoms with E-state index in [4.69, 9.17) is 0 Å². The molecule has 1 aromatic heterocycles. The van der Waals surface area contributed by atoms with Gasteiger partial charge in [-0.3, -0.25) is 10.1 Å². The lowest BCUT2D eigenvalue weighted by molar-refractivity contribution is 0.102. The SMILES string of the molecule is Cc1ccc(C(=O)Nc2nc(-c3ccc(Br)cc3)cs2)c(C)c1. The number of rotatable bonds is 3. The van der Waals surface area contributed by atoms with Gasteiger partial charge in [-0.15, -0.1) is 11.3 Å². The lowest BCUT2D eigenvalue weighted by Crippen LogP contribution is -2.13. The summed E-state index contributed by atoms with van der Waals surface area (Å²) >= 11 is 4.84. The molecule has 3 aromatic rings. The molecule has 23 heavy (non-hydrogen) atoms. The monoisotopic (exact) mass is 386 g/mol. The van der Waals surface area contributed by atoms with Gasteiger partial charge in [-0.25, -0.2) is 4.98 Å². The van der Waals surface area contributed by atoms with E-state index in [9.17, 15) is 4.79 Å². The van der Waals surface area contributed by atoms with E-state index in [1.165, 1.54) is 11.3 Å². The maximum Gasteiger partial charge on any atom is 0.257 e. The third-order valence-electron chi connectivity index (χ3n) is 3.49. The number of nitrogens with zero attached hydrogens (tertiary/aromatic N) is 1. The Balaban J connectivity index is 1.78. The van der Waals surface area contributed by atoms with Crippen LogP contribution in [0.15, 0.2) is 52.3 Å². The summed E-state index contributed by atoms with van der Waals surface area (Å²) in [6.07, 6.45) is 0. The second-order valence-corrected chi connectivity index (χ2v) is 7.09. The Morgan fingerprint density at radius 2 is 1.87 bits per heavy atom. The zero-order chi connectivity index (χ0) is 16.4. The highest BCUT2D eigenvalue weighted by Crippen LogP contribution is 2.26. The Hall–Kier alpha value is -1.98. The maximum absolute atomic E-state index is 12.4. The number of benzene rings is 2. The van der Waals surface area contributed by atoms with Crippen molar-refractivity contribution in [1.29, 1.82) is 0 Å². The van der Waals surface area contributed by atoms with E-state index in [1.54, 1.807) is 0 Å². The molecule has 0 radical (unpaired) electrons. The molecule has 0 spiro atoms. The lowest BCUT2D eigenvalue weighted by Gasteiger charge is -2.06. The van der Waals surface area contributed by atoms with Crippen LogP contribution in [0.25, 0.3) is 11.3 Å². The van der Waals surface area contributed by atoms with Crippen LogP contribution in [0.2, 0.25) is 0 Å². The van der Waals surface area contributed by atoms with Gasteiger partial charge in [-0.2, -0.15) is 0 Å². The molecule has 0 unspecified atom stereocenters. The molecule has 0 fully saturated rings. The first-order valence-electron chi connectivity index (χ1n) is 7.13. The summed E-state index contributed by atoms with van der Waals surface area (Å²) in [5, 5.41) is 5.43. The van der Waals surface area contributed by atoms with Gasteiger partial charge in [0, 0.05) is 21.0 Å². The number of aryl methyl sites for hydroxylation is 2. The zero-order valence-corrected chi connectivity index (χ0v) is 15.2. The standard InChI is InChI=1S/C18H15BrN2OS/c1-11-3-8-15(12(2)9-11)17(22)21-18-20-16(10-23-18)13-4-6-14(19)7-5-13/h3-10H,1-2H3,(H,20,21,22). The largest absolute Gasteiger partial charge is 0.298 e. The predicted molar refractivity (Wildman–Crippen MR) is 99.1 cm³/mol. The molecular weight excluding hydrogens is 372 g/mol. The topological polar surface area (TPSA) is 42.0 Å². The molecule has 3 rings (SSSR count). The summed E-state index contributed by atoms with van der Waals surface area (Å²) in [7, 11) is 0. The molecule has 2 aromatic carbocycles. The fourth-order valence-electron chi connectivity index (χ4n) is 2.32. The third-order valence-corrected chi connectivity index (χ3v) is 4.78. The van der Waals surface area contributed by atoms with E-state index >= 15 is 0 Å². The van der Waals surface area contributed by atoms with Crippen LogP contribution in [0.3, 0.4) is 0 Å². The Bertz CT molecular complexity index is 856. The molecule has 0 saturated carbocycles. The highest BCUT2D eigenvalue weighted by atomic mass is 79.9. The minimum Gasteiger partial charge on any atom is -0.298 e. The second-order valence-electron chi connectivity index (χ2n) is 5.32. The molecule has 0 aliphatic heterocycles. The summed E-state index contributed by atoms with van der Waals surface area (Å²) in [6.45, 7) is 3.96. The summed E-state index contributed by atoms with van der Waals surface area (Å²) in [6, 6.07) is 13.7. The van der Waals surface area contributed by atoms with Gasteiger partial charge in [-0.1, -0.05) is 45.8 Å². The molecule has 0 aliphatic rings. The summed E-state index contributed by atoms with van der Waals surface area (Å²) < 4.78 is 1.03. The molecule has 116 valence electrons. The van der Waals surface area contributed by atoms with Crippen LogP contribution < -0.4 is 5.32 Å². The van der Waals surface area contributed by atoms with Crippen molar-refractivity contribution in [2.24, 2.45) is 0 Å². The minimum absolute atomic E-state index is 0.126. The Morgan fingerprint density at radius 3 is 2.57 bits per heavy atom. The van der Waals surface area contributed by atoms with Crippen LogP contribution in [-0.2, 0) is 0 Å². The molecule has 0 atom stereocenters. The van der Waals surface area contributed by atoms with Crippen molar-refractivity contribution in [3.8, 4) is 11.3 Å². The summed E-state index contributed by atoms with van der Waals surface area (Å²) in [4.78, 5) is 16.9. The third kappa shape index (κ3) is 3.68. The highest BCUT2D eigenvalue weighted by Gasteiger charge is 2.12. The van der Waals surface area contributed by atoms with E-state index in [1.807, 2.05) is 61.7 Å². The Morgan fingerprint density at radius 1 is 1.13 bits per heavy atom. The summed E-state index contributed by atoms with van der Waals surface area (Å²) in [5.74, 6) is -0.126. The van der Waals surface area contributed by atoms with E-state index < -0.39 is 0 Å². The number of thiazole rings is 1. The van der Waals surface area contributed by atoms with Crippen molar-refractivity contribution in [3.63, 3.8) is 0 Å². The Labute approximate surface area is 147 Å². The minimum atomic E-state index is -0.126. The van der Waals surface area contributed by atoms with Crippen molar-refractivity contribution in [3.05, 3.63) is 69.0 Å². The molecule has 1 heterocycles. The molecule has 0 bridgehead atoms. The van der Waals surface area contributed by atoms with Crippen LogP contribution in [0.4, 0.5) is 5.13 Å². The van der Waals surface area contributed by atoms with E-state index in [2.05, 4.69) is 26.2 Å². The van der Waals surface area contributed by atoms with Crippen LogP contribution >= 0.6 is 27.3 Å². The van der Waals surface area contributed by atoms with E-state index in [-0.39, 0.29) is 5.91 Å².